The number of hydrogen-bond acceptors (Lipinski definition) is 5. The van der Waals surface area contributed by atoms with Gasteiger partial charge in [-0.1, -0.05) is 24.0 Å². The normalized spacial score (nSPS) is 10.9. The Morgan fingerprint density at radius 2 is 1.50 bits per heavy atom. The molecule has 0 aliphatic carbocycles. The van der Waals surface area contributed by atoms with Crippen LogP contribution in [-0.2, 0) is 16.0 Å². The number of nitrogens with one attached hydrogen (secondary N) is 2. The SMILES string of the molecule is CNC(=O)C(C(=O)NO)N(C)C(=O)c1ccc(C#Cc2ccc(CCO)cc2)cc1. The summed E-state index contributed by atoms with van der Waals surface area (Å²) in [7, 11) is 2.62. The van der Waals surface area contributed by atoms with Crippen molar-refractivity contribution in [3.05, 3.63) is 70.8 Å². The average molecular weight is 409 g/mol. The predicted octanol–water partition coefficient (Wildman–Crippen LogP) is 0.313. The molecule has 156 valence electrons. The highest BCUT2D eigenvalue weighted by Crippen LogP contribution is 2.10. The highest BCUT2D eigenvalue weighted by molar-refractivity contribution is 6.08. The summed E-state index contributed by atoms with van der Waals surface area (Å²) in [6.07, 6.45) is 0.596. The molecule has 0 spiro atoms. The first-order valence-electron chi connectivity index (χ1n) is 9.15. The highest BCUT2D eigenvalue weighted by atomic mass is 16.5. The molecule has 3 amide bonds. The molecule has 0 saturated heterocycles. The molecule has 0 fully saturated rings. The Bertz CT molecular complexity index is 943. The van der Waals surface area contributed by atoms with Gasteiger partial charge in [-0.25, -0.2) is 5.48 Å². The van der Waals surface area contributed by atoms with Gasteiger partial charge in [0, 0.05) is 37.4 Å². The van der Waals surface area contributed by atoms with Crippen molar-refractivity contribution in [2.45, 2.75) is 12.5 Å². The molecule has 8 nitrogen and oxygen atoms in total. The highest BCUT2D eigenvalue weighted by Gasteiger charge is 2.33. The van der Waals surface area contributed by atoms with Crippen molar-refractivity contribution >= 4 is 17.7 Å². The number of benzene rings is 2. The Morgan fingerprint density at radius 3 is 1.97 bits per heavy atom. The fourth-order valence-corrected chi connectivity index (χ4v) is 2.71. The van der Waals surface area contributed by atoms with Gasteiger partial charge in [0.1, 0.15) is 0 Å². The van der Waals surface area contributed by atoms with Crippen LogP contribution in [0.3, 0.4) is 0 Å². The number of aliphatic hydroxyl groups excluding tert-OH is 1. The molecule has 0 radical (unpaired) electrons. The van der Waals surface area contributed by atoms with E-state index in [9.17, 15) is 14.4 Å². The van der Waals surface area contributed by atoms with Crippen molar-refractivity contribution in [3.8, 4) is 11.8 Å². The molecule has 2 rings (SSSR count). The minimum atomic E-state index is -1.51. The molecular formula is C22H23N3O5. The molecule has 30 heavy (non-hydrogen) atoms. The van der Waals surface area contributed by atoms with Crippen molar-refractivity contribution in [2.24, 2.45) is 0 Å². The summed E-state index contributed by atoms with van der Waals surface area (Å²) in [5.41, 5.74) is 4.19. The van der Waals surface area contributed by atoms with Gasteiger partial charge < -0.3 is 15.3 Å². The van der Waals surface area contributed by atoms with Crippen LogP contribution in [-0.4, -0.2) is 59.7 Å². The van der Waals surface area contributed by atoms with Crippen molar-refractivity contribution in [1.82, 2.24) is 15.7 Å². The van der Waals surface area contributed by atoms with Crippen molar-refractivity contribution < 1.29 is 24.7 Å². The van der Waals surface area contributed by atoms with Gasteiger partial charge in [-0.15, -0.1) is 0 Å². The van der Waals surface area contributed by atoms with Gasteiger partial charge in [-0.2, -0.15) is 0 Å². The molecule has 1 atom stereocenters. The smallest absolute Gasteiger partial charge is 0.275 e. The Hall–Kier alpha value is -3.67. The summed E-state index contributed by atoms with van der Waals surface area (Å²) in [5.74, 6) is 3.71. The first kappa shape index (κ1) is 22.6. The van der Waals surface area contributed by atoms with E-state index in [1.165, 1.54) is 19.6 Å². The Balaban J connectivity index is 2.14. The van der Waals surface area contributed by atoms with E-state index in [4.69, 9.17) is 10.3 Å². The van der Waals surface area contributed by atoms with Gasteiger partial charge >= 0.3 is 0 Å². The molecule has 1 unspecified atom stereocenters. The minimum absolute atomic E-state index is 0.0970. The zero-order valence-electron chi connectivity index (χ0n) is 16.7. The second kappa shape index (κ2) is 10.8. The van der Waals surface area contributed by atoms with Crippen LogP contribution in [0.25, 0.3) is 0 Å². The second-order valence-electron chi connectivity index (χ2n) is 6.41. The summed E-state index contributed by atoms with van der Waals surface area (Å²) in [6.45, 7) is 0.0970. The van der Waals surface area contributed by atoms with Crippen molar-refractivity contribution in [1.29, 1.82) is 0 Å². The number of carbonyl (C=O) groups excluding carboxylic acids is 3. The quantitative estimate of drug-likeness (QED) is 0.237. The van der Waals surface area contributed by atoms with E-state index in [1.807, 2.05) is 24.3 Å². The van der Waals surface area contributed by atoms with Gasteiger partial charge in [0.05, 0.1) is 0 Å². The third-order valence-electron chi connectivity index (χ3n) is 4.40. The predicted molar refractivity (Wildman–Crippen MR) is 110 cm³/mol. The lowest BCUT2D eigenvalue weighted by Crippen LogP contribution is -2.54. The van der Waals surface area contributed by atoms with Crippen LogP contribution < -0.4 is 10.8 Å². The van der Waals surface area contributed by atoms with Crippen LogP contribution in [0.4, 0.5) is 0 Å². The van der Waals surface area contributed by atoms with Crippen LogP contribution in [0.15, 0.2) is 48.5 Å². The summed E-state index contributed by atoms with van der Waals surface area (Å²) >= 11 is 0. The molecule has 2 aromatic carbocycles. The monoisotopic (exact) mass is 409 g/mol. The maximum atomic E-state index is 12.6. The maximum absolute atomic E-state index is 12.6. The fraction of sp³-hybridized carbons (Fsp3) is 0.227. The topological polar surface area (TPSA) is 119 Å². The van der Waals surface area contributed by atoms with E-state index in [2.05, 4.69) is 17.2 Å². The minimum Gasteiger partial charge on any atom is -0.396 e. The molecule has 0 aliphatic rings. The van der Waals surface area contributed by atoms with Gasteiger partial charge in [0.2, 0.25) is 0 Å². The molecular weight excluding hydrogens is 386 g/mol. The standard InChI is InChI=1S/C22H23N3O5/c1-23-20(27)19(21(28)24-30)25(2)22(29)18-11-9-16(10-12-18)4-3-15-5-7-17(8-6-15)13-14-26/h5-12,19,26,30H,13-14H2,1-2H3,(H,23,27)(H,24,28). The molecule has 8 heteroatoms. The fourth-order valence-electron chi connectivity index (χ4n) is 2.71. The van der Waals surface area contributed by atoms with Crippen LogP contribution in [0.5, 0.6) is 0 Å². The molecule has 0 saturated carbocycles. The van der Waals surface area contributed by atoms with E-state index >= 15 is 0 Å². The summed E-state index contributed by atoms with van der Waals surface area (Å²) in [5, 5.41) is 20.1. The van der Waals surface area contributed by atoms with E-state index in [0.717, 1.165) is 16.0 Å². The van der Waals surface area contributed by atoms with Crippen molar-refractivity contribution in [3.63, 3.8) is 0 Å². The summed E-state index contributed by atoms with van der Waals surface area (Å²) < 4.78 is 0. The molecule has 0 aliphatic heterocycles. The van der Waals surface area contributed by atoms with Crippen LogP contribution in [0, 0.1) is 11.8 Å². The van der Waals surface area contributed by atoms with E-state index in [-0.39, 0.29) is 12.2 Å². The number of hydroxylamine groups is 1. The summed E-state index contributed by atoms with van der Waals surface area (Å²) in [6, 6.07) is 12.5. The number of carbonyl (C=O) groups is 3. The number of aliphatic hydroxyl groups is 1. The van der Waals surface area contributed by atoms with Crippen molar-refractivity contribution in [2.75, 3.05) is 20.7 Å². The third-order valence-corrected chi connectivity index (χ3v) is 4.40. The number of rotatable bonds is 6. The number of hydrogen-bond donors (Lipinski definition) is 4. The van der Waals surface area contributed by atoms with Gasteiger partial charge in [0.15, 0.2) is 6.04 Å². The molecule has 2 aromatic rings. The van der Waals surface area contributed by atoms with E-state index < -0.39 is 23.8 Å². The van der Waals surface area contributed by atoms with Crippen LogP contribution in [0.1, 0.15) is 27.0 Å². The summed E-state index contributed by atoms with van der Waals surface area (Å²) in [4.78, 5) is 37.3. The van der Waals surface area contributed by atoms with Gasteiger partial charge in [-0.05, 0) is 48.4 Å². The van der Waals surface area contributed by atoms with E-state index in [1.54, 1.807) is 24.3 Å². The number of amides is 3. The largest absolute Gasteiger partial charge is 0.396 e. The first-order chi connectivity index (χ1) is 14.4. The molecule has 0 heterocycles. The second-order valence-corrected chi connectivity index (χ2v) is 6.41. The number of nitrogens with zero attached hydrogens (tertiary/aromatic N) is 1. The molecule has 4 N–H and O–H groups in total. The molecule has 0 bridgehead atoms. The lowest BCUT2D eigenvalue weighted by atomic mass is 10.1. The third kappa shape index (κ3) is 5.67. The Labute approximate surface area is 174 Å². The maximum Gasteiger partial charge on any atom is 0.275 e. The Kier molecular flexibility index (Phi) is 8.11. The van der Waals surface area contributed by atoms with Gasteiger partial charge in [0.25, 0.3) is 17.7 Å². The first-order valence-corrected chi connectivity index (χ1v) is 9.15. The van der Waals surface area contributed by atoms with Gasteiger partial charge in [-0.3, -0.25) is 19.6 Å². The van der Waals surface area contributed by atoms with Crippen LogP contribution in [0.2, 0.25) is 0 Å². The van der Waals surface area contributed by atoms with E-state index in [0.29, 0.717) is 12.0 Å². The zero-order chi connectivity index (χ0) is 22.1. The number of likely N-dealkylation sites (N-methyl/N-ethyl adjacent to an activating group) is 2. The zero-order valence-corrected chi connectivity index (χ0v) is 16.7. The molecule has 0 aromatic heterocycles. The van der Waals surface area contributed by atoms with Crippen LogP contribution >= 0.6 is 0 Å². The lowest BCUT2D eigenvalue weighted by Gasteiger charge is -2.25. The Morgan fingerprint density at radius 1 is 0.967 bits per heavy atom. The average Bonchev–Trinajstić information content (AvgIpc) is 2.78. The lowest BCUT2D eigenvalue weighted by molar-refractivity contribution is -0.140.